The summed E-state index contributed by atoms with van der Waals surface area (Å²) in [5, 5.41) is 3.14. The Hall–Kier alpha value is -1.68. The number of aromatic nitrogens is 1. The van der Waals surface area contributed by atoms with E-state index in [1.165, 1.54) is 0 Å². The van der Waals surface area contributed by atoms with Gasteiger partial charge in [0.05, 0.1) is 17.3 Å². The Bertz CT molecular complexity index is 522. The van der Waals surface area contributed by atoms with Gasteiger partial charge in [0.2, 0.25) is 0 Å². The maximum Gasteiger partial charge on any atom is 0.305 e. The highest BCUT2D eigenvalue weighted by molar-refractivity contribution is 7.09. The third kappa shape index (κ3) is 4.17. The second-order valence-electron chi connectivity index (χ2n) is 4.15. The Kier molecular flexibility index (Phi) is 5.10. The SMILES string of the molecule is CCOC(=O)CCCc1nc(-c2ccccc2)cs1. The van der Waals surface area contributed by atoms with Gasteiger partial charge in [0.1, 0.15) is 0 Å². The summed E-state index contributed by atoms with van der Waals surface area (Å²) in [6.45, 7) is 2.28. The van der Waals surface area contributed by atoms with Crippen LogP contribution in [0.4, 0.5) is 0 Å². The number of carbonyl (C=O) groups excluding carboxylic acids is 1. The lowest BCUT2D eigenvalue weighted by Gasteiger charge is -2.00. The summed E-state index contributed by atoms with van der Waals surface area (Å²) in [5.41, 5.74) is 2.15. The average Bonchev–Trinajstić information content (AvgIpc) is 2.89. The van der Waals surface area contributed by atoms with Gasteiger partial charge in [-0.15, -0.1) is 11.3 Å². The summed E-state index contributed by atoms with van der Waals surface area (Å²) in [4.78, 5) is 15.8. The lowest BCUT2D eigenvalue weighted by Crippen LogP contribution is -2.03. The van der Waals surface area contributed by atoms with Crippen LogP contribution < -0.4 is 0 Å². The molecule has 0 saturated carbocycles. The first-order valence-corrected chi connectivity index (χ1v) is 7.33. The molecule has 0 N–H and O–H groups in total. The monoisotopic (exact) mass is 275 g/mol. The molecule has 0 saturated heterocycles. The number of ether oxygens (including phenoxy) is 1. The predicted molar refractivity (Wildman–Crippen MR) is 77.1 cm³/mol. The maximum atomic E-state index is 11.2. The second-order valence-corrected chi connectivity index (χ2v) is 5.09. The van der Waals surface area contributed by atoms with Gasteiger partial charge in [-0.2, -0.15) is 0 Å². The van der Waals surface area contributed by atoms with Crippen molar-refractivity contribution in [1.82, 2.24) is 4.98 Å². The van der Waals surface area contributed by atoms with Gasteiger partial charge in [0, 0.05) is 17.4 Å². The molecule has 2 rings (SSSR count). The maximum absolute atomic E-state index is 11.2. The Morgan fingerprint density at radius 1 is 1.32 bits per heavy atom. The first-order chi connectivity index (χ1) is 9.29. The number of aryl methyl sites for hydroxylation is 1. The van der Waals surface area contributed by atoms with Crippen molar-refractivity contribution in [1.29, 1.82) is 0 Å². The normalized spacial score (nSPS) is 10.4. The van der Waals surface area contributed by atoms with E-state index in [-0.39, 0.29) is 5.97 Å². The zero-order valence-corrected chi connectivity index (χ0v) is 11.8. The number of carbonyl (C=O) groups is 1. The Morgan fingerprint density at radius 3 is 2.84 bits per heavy atom. The van der Waals surface area contributed by atoms with E-state index in [2.05, 4.69) is 22.5 Å². The third-order valence-corrected chi connectivity index (χ3v) is 3.61. The van der Waals surface area contributed by atoms with Crippen LogP contribution in [0.25, 0.3) is 11.3 Å². The van der Waals surface area contributed by atoms with Gasteiger partial charge >= 0.3 is 5.97 Å². The van der Waals surface area contributed by atoms with Crippen LogP contribution in [0, 0.1) is 0 Å². The lowest BCUT2D eigenvalue weighted by molar-refractivity contribution is -0.143. The molecule has 0 atom stereocenters. The summed E-state index contributed by atoms with van der Waals surface area (Å²) in [5.74, 6) is -0.123. The van der Waals surface area contributed by atoms with Crippen molar-refractivity contribution in [2.45, 2.75) is 26.2 Å². The van der Waals surface area contributed by atoms with Crippen molar-refractivity contribution < 1.29 is 9.53 Å². The molecule has 0 fully saturated rings. The molecule has 3 nitrogen and oxygen atoms in total. The highest BCUT2D eigenvalue weighted by Gasteiger charge is 2.06. The first kappa shape index (κ1) is 13.7. The zero-order chi connectivity index (χ0) is 13.5. The third-order valence-electron chi connectivity index (χ3n) is 2.70. The summed E-state index contributed by atoms with van der Waals surface area (Å²) >= 11 is 1.65. The molecule has 0 radical (unpaired) electrons. The van der Waals surface area contributed by atoms with Gasteiger partial charge in [0.15, 0.2) is 0 Å². The van der Waals surface area contributed by atoms with Crippen LogP contribution in [-0.2, 0) is 16.0 Å². The van der Waals surface area contributed by atoms with E-state index in [4.69, 9.17) is 4.74 Å². The van der Waals surface area contributed by atoms with Crippen LogP contribution in [-0.4, -0.2) is 17.6 Å². The van der Waals surface area contributed by atoms with Crippen molar-refractivity contribution >= 4 is 17.3 Å². The van der Waals surface area contributed by atoms with Crippen LogP contribution in [0.2, 0.25) is 0 Å². The Morgan fingerprint density at radius 2 is 2.11 bits per heavy atom. The van der Waals surface area contributed by atoms with Crippen LogP contribution >= 0.6 is 11.3 Å². The minimum Gasteiger partial charge on any atom is -0.466 e. The molecule has 4 heteroatoms. The Labute approximate surface area is 117 Å². The second kappa shape index (κ2) is 7.04. The van der Waals surface area contributed by atoms with E-state index in [1.807, 2.05) is 25.1 Å². The molecule has 1 aromatic carbocycles. The Balaban J connectivity index is 1.86. The van der Waals surface area contributed by atoms with Crippen molar-refractivity contribution in [3.63, 3.8) is 0 Å². The molecule has 100 valence electrons. The number of esters is 1. The molecular weight excluding hydrogens is 258 g/mol. The topological polar surface area (TPSA) is 39.2 Å². The fraction of sp³-hybridized carbons (Fsp3) is 0.333. The molecule has 0 aliphatic heterocycles. The lowest BCUT2D eigenvalue weighted by atomic mass is 10.2. The van der Waals surface area contributed by atoms with Crippen LogP contribution in [0.3, 0.4) is 0 Å². The van der Waals surface area contributed by atoms with E-state index in [0.717, 1.165) is 29.1 Å². The highest BCUT2D eigenvalue weighted by Crippen LogP contribution is 2.22. The summed E-state index contributed by atoms with van der Waals surface area (Å²) in [6, 6.07) is 10.1. The van der Waals surface area contributed by atoms with Crippen LogP contribution in [0.15, 0.2) is 35.7 Å². The summed E-state index contributed by atoms with van der Waals surface area (Å²) < 4.78 is 4.90. The van der Waals surface area contributed by atoms with Gasteiger partial charge in [-0.05, 0) is 19.8 Å². The van der Waals surface area contributed by atoms with Crippen LogP contribution in [0.1, 0.15) is 24.8 Å². The summed E-state index contributed by atoms with van der Waals surface area (Å²) in [6.07, 6.45) is 2.09. The number of nitrogens with zero attached hydrogens (tertiary/aromatic N) is 1. The molecule has 0 aliphatic rings. The van der Waals surface area contributed by atoms with Crippen molar-refractivity contribution in [2.24, 2.45) is 0 Å². The fourth-order valence-corrected chi connectivity index (χ4v) is 2.63. The number of hydrogen-bond acceptors (Lipinski definition) is 4. The number of rotatable bonds is 6. The molecule has 0 bridgehead atoms. The number of thiazole rings is 1. The van der Waals surface area contributed by atoms with Gasteiger partial charge in [-0.1, -0.05) is 30.3 Å². The first-order valence-electron chi connectivity index (χ1n) is 6.45. The van der Waals surface area contributed by atoms with E-state index >= 15 is 0 Å². The largest absolute Gasteiger partial charge is 0.466 e. The molecule has 2 aromatic rings. The van der Waals surface area contributed by atoms with Gasteiger partial charge in [-0.25, -0.2) is 4.98 Å². The van der Waals surface area contributed by atoms with E-state index in [0.29, 0.717) is 13.0 Å². The number of hydrogen-bond donors (Lipinski definition) is 0. The van der Waals surface area contributed by atoms with Crippen LogP contribution in [0.5, 0.6) is 0 Å². The highest BCUT2D eigenvalue weighted by atomic mass is 32.1. The fourth-order valence-electron chi connectivity index (χ4n) is 1.78. The minimum atomic E-state index is -0.123. The molecule has 0 unspecified atom stereocenters. The zero-order valence-electron chi connectivity index (χ0n) is 11.0. The van der Waals surface area contributed by atoms with Crippen molar-refractivity contribution in [3.8, 4) is 11.3 Å². The molecular formula is C15H17NO2S. The standard InChI is InChI=1S/C15H17NO2S/c1-2-18-15(17)10-6-9-14-16-13(11-19-14)12-7-4-3-5-8-12/h3-5,7-8,11H,2,6,9-10H2,1H3. The van der Waals surface area contributed by atoms with E-state index < -0.39 is 0 Å². The number of benzene rings is 1. The molecule has 1 aromatic heterocycles. The van der Waals surface area contributed by atoms with Crippen molar-refractivity contribution in [3.05, 3.63) is 40.7 Å². The molecule has 0 spiro atoms. The van der Waals surface area contributed by atoms with E-state index in [1.54, 1.807) is 11.3 Å². The van der Waals surface area contributed by atoms with Gasteiger partial charge in [0.25, 0.3) is 0 Å². The molecule has 0 amide bonds. The summed E-state index contributed by atoms with van der Waals surface area (Å²) in [7, 11) is 0. The molecule has 19 heavy (non-hydrogen) atoms. The predicted octanol–water partition coefficient (Wildman–Crippen LogP) is 3.70. The average molecular weight is 275 g/mol. The minimum absolute atomic E-state index is 0.123. The molecule has 0 aliphatic carbocycles. The van der Waals surface area contributed by atoms with E-state index in [9.17, 15) is 4.79 Å². The smallest absolute Gasteiger partial charge is 0.305 e. The van der Waals surface area contributed by atoms with Gasteiger partial charge in [-0.3, -0.25) is 4.79 Å². The van der Waals surface area contributed by atoms with Crippen molar-refractivity contribution in [2.75, 3.05) is 6.61 Å². The molecule has 1 heterocycles. The quantitative estimate of drug-likeness (QED) is 0.755. The van der Waals surface area contributed by atoms with Gasteiger partial charge < -0.3 is 4.74 Å².